The van der Waals surface area contributed by atoms with Crippen LogP contribution in [0.1, 0.15) is 44.6 Å². The minimum absolute atomic E-state index is 0.290. The van der Waals surface area contributed by atoms with E-state index in [1.165, 1.54) is 0 Å². The first-order chi connectivity index (χ1) is 10.2. The van der Waals surface area contributed by atoms with Crippen molar-refractivity contribution in [1.82, 2.24) is 20.4 Å². The van der Waals surface area contributed by atoms with E-state index in [4.69, 9.17) is 9.26 Å². The summed E-state index contributed by atoms with van der Waals surface area (Å²) in [6, 6.07) is 4.29. The molecule has 6 heteroatoms. The third-order valence-electron chi connectivity index (χ3n) is 2.83. The zero-order valence-corrected chi connectivity index (χ0v) is 12.8. The molecule has 0 aliphatic rings. The van der Waals surface area contributed by atoms with Gasteiger partial charge in [0.1, 0.15) is 5.75 Å². The number of ether oxygens (including phenoxy) is 1. The number of aromatic nitrogens is 3. The highest BCUT2D eigenvalue weighted by atomic mass is 16.5. The SMILES string of the molecule is CCCc1nc(COc2ccc(CNC(C)C)nc2)no1. The summed E-state index contributed by atoms with van der Waals surface area (Å²) in [5.41, 5.74) is 0.987. The Balaban J connectivity index is 1.82. The van der Waals surface area contributed by atoms with E-state index in [2.05, 4.69) is 41.2 Å². The van der Waals surface area contributed by atoms with Crippen LogP contribution >= 0.6 is 0 Å². The summed E-state index contributed by atoms with van der Waals surface area (Å²) in [5, 5.41) is 7.19. The van der Waals surface area contributed by atoms with E-state index in [1.807, 2.05) is 12.1 Å². The predicted molar refractivity (Wildman–Crippen MR) is 78.8 cm³/mol. The maximum Gasteiger partial charge on any atom is 0.226 e. The third-order valence-corrected chi connectivity index (χ3v) is 2.83. The Hall–Kier alpha value is -1.95. The molecule has 0 radical (unpaired) electrons. The lowest BCUT2D eigenvalue weighted by Crippen LogP contribution is -2.22. The number of pyridine rings is 1. The molecular weight excluding hydrogens is 268 g/mol. The van der Waals surface area contributed by atoms with Crippen molar-refractivity contribution in [2.75, 3.05) is 0 Å². The second kappa shape index (κ2) is 7.73. The first kappa shape index (κ1) is 15.4. The zero-order chi connectivity index (χ0) is 15.1. The molecule has 114 valence electrons. The van der Waals surface area contributed by atoms with Crippen molar-refractivity contribution >= 4 is 0 Å². The van der Waals surface area contributed by atoms with Gasteiger partial charge in [-0.25, -0.2) is 0 Å². The molecule has 0 amide bonds. The first-order valence-corrected chi connectivity index (χ1v) is 7.30. The number of rotatable bonds is 8. The minimum atomic E-state index is 0.290. The number of aryl methyl sites for hydroxylation is 1. The van der Waals surface area contributed by atoms with Crippen LogP contribution in [0.2, 0.25) is 0 Å². The molecule has 0 spiro atoms. The van der Waals surface area contributed by atoms with Crippen LogP contribution in [0.3, 0.4) is 0 Å². The first-order valence-electron chi connectivity index (χ1n) is 7.30. The molecule has 0 saturated heterocycles. The van der Waals surface area contributed by atoms with Gasteiger partial charge in [0, 0.05) is 19.0 Å². The van der Waals surface area contributed by atoms with E-state index in [0.29, 0.717) is 30.1 Å². The van der Waals surface area contributed by atoms with Crippen molar-refractivity contribution in [3.8, 4) is 5.75 Å². The minimum Gasteiger partial charge on any atom is -0.484 e. The molecular formula is C15H22N4O2. The van der Waals surface area contributed by atoms with Crippen LogP contribution in [-0.4, -0.2) is 21.2 Å². The van der Waals surface area contributed by atoms with Gasteiger partial charge in [0.05, 0.1) is 11.9 Å². The molecule has 0 fully saturated rings. The van der Waals surface area contributed by atoms with Gasteiger partial charge in [0.25, 0.3) is 0 Å². The quantitative estimate of drug-likeness (QED) is 0.805. The Bertz CT molecular complexity index is 537. The van der Waals surface area contributed by atoms with E-state index >= 15 is 0 Å². The summed E-state index contributed by atoms with van der Waals surface area (Å²) >= 11 is 0. The van der Waals surface area contributed by atoms with Crippen molar-refractivity contribution in [2.45, 2.75) is 52.8 Å². The third kappa shape index (κ3) is 5.15. The molecule has 0 saturated carbocycles. The van der Waals surface area contributed by atoms with Crippen LogP contribution in [0.5, 0.6) is 5.75 Å². The molecule has 1 N–H and O–H groups in total. The van der Waals surface area contributed by atoms with Crippen LogP contribution in [0.4, 0.5) is 0 Å². The van der Waals surface area contributed by atoms with Crippen molar-refractivity contribution < 1.29 is 9.26 Å². The van der Waals surface area contributed by atoms with Gasteiger partial charge in [-0.2, -0.15) is 4.98 Å². The van der Waals surface area contributed by atoms with E-state index in [9.17, 15) is 0 Å². The Morgan fingerprint density at radius 2 is 2.19 bits per heavy atom. The van der Waals surface area contributed by atoms with Gasteiger partial charge in [-0.1, -0.05) is 25.9 Å². The molecule has 2 heterocycles. The van der Waals surface area contributed by atoms with Crippen LogP contribution < -0.4 is 10.1 Å². The van der Waals surface area contributed by atoms with Crippen LogP contribution in [0.25, 0.3) is 0 Å². The van der Waals surface area contributed by atoms with Gasteiger partial charge >= 0.3 is 0 Å². The molecule has 2 aromatic rings. The van der Waals surface area contributed by atoms with Gasteiger partial charge in [-0.05, 0) is 18.6 Å². The lowest BCUT2D eigenvalue weighted by atomic mass is 10.3. The average Bonchev–Trinajstić information content (AvgIpc) is 2.92. The molecule has 21 heavy (non-hydrogen) atoms. The summed E-state index contributed by atoms with van der Waals surface area (Å²) in [6.07, 6.45) is 3.49. The highest BCUT2D eigenvalue weighted by Gasteiger charge is 2.06. The van der Waals surface area contributed by atoms with Gasteiger partial charge in [0.2, 0.25) is 11.7 Å². The van der Waals surface area contributed by atoms with E-state index in [1.54, 1.807) is 6.20 Å². The summed E-state index contributed by atoms with van der Waals surface area (Å²) in [6.45, 7) is 7.33. The topological polar surface area (TPSA) is 73.1 Å². The van der Waals surface area contributed by atoms with Gasteiger partial charge in [-0.15, -0.1) is 0 Å². The summed E-state index contributed by atoms with van der Waals surface area (Å²) < 4.78 is 10.7. The molecule has 0 bridgehead atoms. The largest absolute Gasteiger partial charge is 0.484 e. The monoisotopic (exact) mass is 290 g/mol. The van der Waals surface area contributed by atoms with Crippen LogP contribution in [0, 0.1) is 0 Å². The molecule has 0 aliphatic heterocycles. The number of nitrogens with one attached hydrogen (secondary N) is 1. The molecule has 0 aromatic carbocycles. The zero-order valence-electron chi connectivity index (χ0n) is 12.8. The average molecular weight is 290 g/mol. The molecule has 6 nitrogen and oxygen atoms in total. The Kier molecular flexibility index (Phi) is 5.68. The maximum atomic E-state index is 5.60. The van der Waals surface area contributed by atoms with Crippen LogP contribution in [0.15, 0.2) is 22.9 Å². The van der Waals surface area contributed by atoms with Gasteiger partial charge < -0.3 is 14.6 Å². The highest BCUT2D eigenvalue weighted by Crippen LogP contribution is 2.11. The van der Waals surface area contributed by atoms with Gasteiger partial charge in [-0.3, -0.25) is 4.98 Å². The molecule has 0 atom stereocenters. The number of hydrogen-bond donors (Lipinski definition) is 1. The number of nitrogens with zero attached hydrogens (tertiary/aromatic N) is 3. The number of hydrogen-bond acceptors (Lipinski definition) is 6. The second-order valence-corrected chi connectivity index (χ2v) is 5.16. The van der Waals surface area contributed by atoms with Crippen LogP contribution in [-0.2, 0) is 19.6 Å². The van der Waals surface area contributed by atoms with Crippen molar-refractivity contribution in [3.63, 3.8) is 0 Å². The maximum absolute atomic E-state index is 5.60. The molecule has 0 unspecified atom stereocenters. The summed E-state index contributed by atoms with van der Waals surface area (Å²) in [5.74, 6) is 1.92. The fraction of sp³-hybridized carbons (Fsp3) is 0.533. The lowest BCUT2D eigenvalue weighted by molar-refractivity contribution is 0.284. The van der Waals surface area contributed by atoms with Gasteiger partial charge in [0.15, 0.2) is 6.61 Å². The fourth-order valence-electron chi connectivity index (χ4n) is 1.72. The normalized spacial score (nSPS) is 11.0. The second-order valence-electron chi connectivity index (χ2n) is 5.16. The van der Waals surface area contributed by atoms with E-state index in [-0.39, 0.29) is 0 Å². The van der Waals surface area contributed by atoms with Crippen molar-refractivity contribution in [3.05, 3.63) is 35.7 Å². The Labute approximate surface area is 124 Å². The summed E-state index contributed by atoms with van der Waals surface area (Å²) in [4.78, 5) is 8.59. The molecule has 0 aliphatic carbocycles. The van der Waals surface area contributed by atoms with E-state index in [0.717, 1.165) is 25.1 Å². The van der Waals surface area contributed by atoms with Crippen molar-refractivity contribution in [2.24, 2.45) is 0 Å². The molecule has 2 rings (SSSR count). The lowest BCUT2D eigenvalue weighted by Gasteiger charge is -2.08. The summed E-state index contributed by atoms with van der Waals surface area (Å²) in [7, 11) is 0. The fourth-order valence-corrected chi connectivity index (χ4v) is 1.72. The standard InChI is InChI=1S/C15H22N4O2/c1-4-5-15-18-14(19-21-15)10-20-13-7-6-12(17-9-13)8-16-11(2)3/h6-7,9,11,16H,4-5,8,10H2,1-3H3. The van der Waals surface area contributed by atoms with Crippen molar-refractivity contribution in [1.29, 1.82) is 0 Å². The Morgan fingerprint density at radius 1 is 1.33 bits per heavy atom. The highest BCUT2D eigenvalue weighted by molar-refractivity contribution is 5.19. The molecule has 2 aromatic heterocycles. The predicted octanol–water partition coefficient (Wildman–Crippen LogP) is 2.49. The smallest absolute Gasteiger partial charge is 0.226 e. The van der Waals surface area contributed by atoms with E-state index < -0.39 is 0 Å². The Morgan fingerprint density at radius 3 is 2.86 bits per heavy atom.